The Balaban J connectivity index is 2.49. The number of rotatable bonds is 2. The molecule has 5 nitrogen and oxygen atoms in total. The number of hydrogen-bond donors (Lipinski definition) is 2. The summed E-state index contributed by atoms with van der Waals surface area (Å²) in [4.78, 5) is 34.3. The van der Waals surface area contributed by atoms with Crippen LogP contribution in [0.15, 0.2) is 0 Å². The highest BCUT2D eigenvalue weighted by Crippen LogP contribution is 2.37. The Hall–Kier alpha value is -1.69. The number of anilines is 1. The molecule has 1 aromatic rings. The van der Waals surface area contributed by atoms with Crippen molar-refractivity contribution in [3.05, 3.63) is 16.0 Å². The molecular weight excluding hydrogens is 242 g/mol. The second kappa shape index (κ2) is 4.29. The molecule has 0 spiro atoms. The normalized spacial score (nSPS) is 14.3. The standard InChI is InChI=1S/C11H11NO4S/c1-5(13)12-10-9(11(15)16)7-3-2-6(14)4-8(7)17-10/h2-4H2,1H3,(H,12,13)(H,15,16). The molecule has 0 saturated heterocycles. The van der Waals surface area contributed by atoms with Crippen molar-refractivity contribution in [1.29, 1.82) is 0 Å². The number of carboxylic acids is 1. The Bertz CT molecular complexity index is 518. The zero-order chi connectivity index (χ0) is 12.6. The minimum atomic E-state index is -1.06. The summed E-state index contributed by atoms with van der Waals surface area (Å²) < 4.78 is 0. The smallest absolute Gasteiger partial charge is 0.339 e. The summed E-state index contributed by atoms with van der Waals surface area (Å²) in [5.74, 6) is -1.25. The van der Waals surface area contributed by atoms with E-state index in [1.165, 1.54) is 18.3 Å². The lowest BCUT2D eigenvalue weighted by molar-refractivity contribution is -0.118. The van der Waals surface area contributed by atoms with Crippen LogP contribution in [0.25, 0.3) is 0 Å². The Kier molecular flexibility index (Phi) is 2.97. The number of ketones is 1. The molecule has 1 aliphatic carbocycles. The van der Waals surface area contributed by atoms with Crippen LogP contribution in [0.3, 0.4) is 0 Å². The Morgan fingerprint density at radius 1 is 1.35 bits per heavy atom. The van der Waals surface area contributed by atoms with E-state index in [0.717, 1.165) is 4.88 Å². The summed E-state index contributed by atoms with van der Waals surface area (Å²) in [7, 11) is 0. The molecule has 0 saturated carbocycles. The van der Waals surface area contributed by atoms with Crippen molar-refractivity contribution in [2.45, 2.75) is 26.2 Å². The molecular formula is C11H11NO4S. The van der Waals surface area contributed by atoms with E-state index in [1.807, 2.05) is 0 Å². The molecule has 0 fully saturated rings. The summed E-state index contributed by atoms with van der Waals surface area (Å²) in [6, 6.07) is 0. The first-order valence-electron chi connectivity index (χ1n) is 5.16. The van der Waals surface area contributed by atoms with Crippen LogP contribution in [-0.4, -0.2) is 22.8 Å². The number of carbonyl (C=O) groups is 3. The molecule has 1 aromatic heterocycles. The molecule has 17 heavy (non-hydrogen) atoms. The molecule has 1 heterocycles. The molecule has 2 N–H and O–H groups in total. The van der Waals surface area contributed by atoms with Crippen LogP contribution in [0, 0.1) is 0 Å². The highest BCUT2D eigenvalue weighted by atomic mass is 32.1. The minimum absolute atomic E-state index is 0.116. The highest BCUT2D eigenvalue weighted by Gasteiger charge is 2.27. The number of fused-ring (bicyclic) bond motifs is 1. The maximum Gasteiger partial charge on any atom is 0.339 e. The van der Waals surface area contributed by atoms with Gasteiger partial charge < -0.3 is 10.4 Å². The van der Waals surface area contributed by atoms with Crippen LogP contribution in [-0.2, 0) is 22.4 Å². The first-order valence-corrected chi connectivity index (χ1v) is 5.97. The van der Waals surface area contributed by atoms with Gasteiger partial charge in [0.1, 0.15) is 10.8 Å². The van der Waals surface area contributed by atoms with Crippen molar-refractivity contribution in [3.63, 3.8) is 0 Å². The lowest BCUT2D eigenvalue weighted by Crippen LogP contribution is -2.14. The van der Waals surface area contributed by atoms with E-state index in [2.05, 4.69) is 5.32 Å². The average Bonchev–Trinajstić information content (AvgIpc) is 2.53. The summed E-state index contributed by atoms with van der Waals surface area (Å²) in [5.41, 5.74) is 0.846. The van der Waals surface area contributed by atoms with Crippen molar-refractivity contribution in [1.82, 2.24) is 0 Å². The Labute approximate surface area is 101 Å². The number of thiophene rings is 1. The van der Waals surface area contributed by atoms with Gasteiger partial charge in [-0.25, -0.2) is 4.79 Å². The third kappa shape index (κ3) is 2.21. The van der Waals surface area contributed by atoms with Crippen LogP contribution in [0.2, 0.25) is 0 Å². The Morgan fingerprint density at radius 2 is 2.06 bits per heavy atom. The zero-order valence-corrected chi connectivity index (χ0v) is 10.0. The number of carboxylic acid groups (broad SMARTS) is 1. The van der Waals surface area contributed by atoms with Gasteiger partial charge in [-0.2, -0.15) is 0 Å². The first-order chi connectivity index (χ1) is 7.99. The number of Topliss-reactive ketones (excluding diaryl/α,β-unsaturated/α-hetero) is 1. The van der Waals surface area contributed by atoms with Crippen molar-refractivity contribution in [2.75, 3.05) is 5.32 Å². The van der Waals surface area contributed by atoms with Gasteiger partial charge in [-0.1, -0.05) is 0 Å². The molecule has 90 valence electrons. The maximum absolute atomic E-state index is 11.3. The van der Waals surface area contributed by atoms with Crippen LogP contribution in [0.5, 0.6) is 0 Å². The van der Waals surface area contributed by atoms with Crippen LogP contribution in [0.1, 0.15) is 34.1 Å². The van der Waals surface area contributed by atoms with E-state index in [-0.39, 0.29) is 23.7 Å². The van der Waals surface area contributed by atoms with Gasteiger partial charge in [-0.05, 0) is 12.0 Å². The number of amides is 1. The number of hydrogen-bond acceptors (Lipinski definition) is 4. The zero-order valence-electron chi connectivity index (χ0n) is 9.20. The van der Waals surface area contributed by atoms with Crippen molar-refractivity contribution in [2.24, 2.45) is 0 Å². The van der Waals surface area contributed by atoms with Gasteiger partial charge in [0.25, 0.3) is 0 Å². The molecule has 1 aliphatic rings. The van der Waals surface area contributed by atoms with Crippen molar-refractivity contribution >= 4 is 34.0 Å². The summed E-state index contributed by atoms with van der Waals surface area (Å²) >= 11 is 1.19. The molecule has 0 bridgehead atoms. The molecule has 0 aromatic carbocycles. The SMILES string of the molecule is CC(=O)Nc1sc2c(c1C(=O)O)CCC(=O)C2. The van der Waals surface area contributed by atoms with E-state index in [4.69, 9.17) is 5.11 Å². The van der Waals surface area contributed by atoms with E-state index < -0.39 is 5.97 Å². The quantitative estimate of drug-likeness (QED) is 0.835. The lowest BCUT2D eigenvalue weighted by atomic mass is 9.94. The Morgan fingerprint density at radius 3 is 2.65 bits per heavy atom. The summed E-state index contributed by atoms with van der Waals surface area (Å²) in [5, 5.41) is 12.0. The monoisotopic (exact) mass is 253 g/mol. The van der Waals surface area contributed by atoms with Crippen LogP contribution >= 0.6 is 11.3 Å². The van der Waals surface area contributed by atoms with Gasteiger partial charge in [0.2, 0.25) is 5.91 Å². The third-order valence-corrected chi connectivity index (χ3v) is 3.75. The van der Waals surface area contributed by atoms with Crippen molar-refractivity contribution in [3.8, 4) is 0 Å². The second-order valence-corrected chi connectivity index (χ2v) is 5.01. The number of nitrogens with one attached hydrogen (secondary N) is 1. The summed E-state index contributed by atoms with van der Waals surface area (Å²) in [6.07, 6.45) is 1.11. The van der Waals surface area contributed by atoms with E-state index in [9.17, 15) is 14.4 Å². The molecule has 0 radical (unpaired) electrons. The molecule has 0 aliphatic heterocycles. The largest absolute Gasteiger partial charge is 0.478 e. The fraction of sp³-hybridized carbons (Fsp3) is 0.364. The number of carbonyl (C=O) groups excluding carboxylic acids is 2. The third-order valence-electron chi connectivity index (χ3n) is 2.61. The van der Waals surface area contributed by atoms with Crippen LogP contribution < -0.4 is 5.32 Å². The lowest BCUT2D eigenvalue weighted by Gasteiger charge is -2.10. The predicted octanol–water partition coefficient (Wildman–Crippen LogP) is 1.46. The van der Waals surface area contributed by atoms with E-state index >= 15 is 0 Å². The topological polar surface area (TPSA) is 83.5 Å². The van der Waals surface area contributed by atoms with Gasteiger partial charge in [0.15, 0.2) is 0 Å². The van der Waals surface area contributed by atoms with Gasteiger partial charge >= 0.3 is 5.97 Å². The molecule has 6 heteroatoms. The first kappa shape index (κ1) is 11.8. The van der Waals surface area contributed by atoms with E-state index in [0.29, 0.717) is 23.4 Å². The van der Waals surface area contributed by atoms with Gasteiger partial charge in [0.05, 0.1) is 5.56 Å². The molecule has 0 atom stereocenters. The number of aromatic carboxylic acids is 1. The van der Waals surface area contributed by atoms with Gasteiger partial charge in [0, 0.05) is 24.6 Å². The predicted molar refractivity (Wildman–Crippen MR) is 62.6 cm³/mol. The van der Waals surface area contributed by atoms with Crippen LogP contribution in [0.4, 0.5) is 5.00 Å². The fourth-order valence-corrected chi connectivity index (χ4v) is 3.24. The average molecular weight is 253 g/mol. The molecule has 2 rings (SSSR count). The molecule has 1 amide bonds. The van der Waals surface area contributed by atoms with Crippen molar-refractivity contribution < 1.29 is 19.5 Å². The summed E-state index contributed by atoms with van der Waals surface area (Å²) in [6.45, 7) is 1.33. The highest BCUT2D eigenvalue weighted by molar-refractivity contribution is 7.17. The van der Waals surface area contributed by atoms with E-state index in [1.54, 1.807) is 0 Å². The van der Waals surface area contributed by atoms with Gasteiger partial charge in [-0.3, -0.25) is 9.59 Å². The minimum Gasteiger partial charge on any atom is -0.478 e. The second-order valence-electron chi connectivity index (χ2n) is 3.91. The fourth-order valence-electron chi connectivity index (χ4n) is 1.93. The van der Waals surface area contributed by atoms with Gasteiger partial charge in [-0.15, -0.1) is 11.3 Å². The maximum atomic E-state index is 11.3. The molecule has 0 unspecified atom stereocenters.